The largest absolute Gasteiger partial charge is 0.489 e. The first-order chi connectivity index (χ1) is 16.9. The summed E-state index contributed by atoms with van der Waals surface area (Å²) in [5.41, 5.74) is 2.25. The van der Waals surface area contributed by atoms with E-state index in [0.717, 1.165) is 23.9 Å². The second-order valence-electron chi connectivity index (χ2n) is 8.11. The Hall–Kier alpha value is -4.27. The molecule has 4 rings (SSSR count). The van der Waals surface area contributed by atoms with Crippen molar-refractivity contribution in [1.29, 1.82) is 0 Å². The summed E-state index contributed by atoms with van der Waals surface area (Å²) in [5, 5.41) is 21.1. The van der Waals surface area contributed by atoms with Gasteiger partial charge in [-0.25, -0.2) is 13.6 Å². The summed E-state index contributed by atoms with van der Waals surface area (Å²) < 4.78 is 33.1. The third-order valence-corrected chi connectivity index (χ3v) is 5.83. The van der Waals surface area contributed by atoms with Crippen molar-refractivity contribution in [1.82, 2.24) is 4.90 Å². The Labute approximate surface area is 199 Å². The molecule has 1 atom stereocenters. The molecule has 1 saturated heterocycles. The zero-order chi connectivity index (χ0) is 24.9. The Morgan fingerprint density at radius 2 is 1.83 bits per heavy atom. The second kappa shape index (κ2) is 10.3. The van der Waals surface area contributed by atoms with Gasteiger partial charge >= 0.3 is 5.97 Å². The first kappa shape index (κ1) is 23.9. The van der Waals surface area contributed by atoms with Gasteiger partial charge in [-0.3, -0.25) is 4.79 Å². The summed E-state index contributed by atoms with van der Waals surface area (Å²) in [6, 6.07) is 14.7. The molecule has 9 heteroatoms. The topological polar surface area (TPSA) is 99.4 Å². The molecule has 2 N–H and O–H groups in total. The lowest BCUT2D eigenvalue weighted by Crippen LogP contribution is -2.40. The van der Waals surface area contributed by atoms with Crippen LogP contribution in [0.5, 0.6) is 5.75 Å². The number of aliphatic carboxylic acids is 1. The summed E-state index contributed by atoms with van der Waals surface area (Å²) in [4.78, 5) is 25.6. The molecule has 0 aromatic heterocycles. The molecule has 1 heterocycles. The molecule has 0 radical (unpaired) electrons. The number of likely N-dealkylation sites (tertiary alicyclic amines) is 1. The van der Waals surface area contributed by atoms with Crippen molar-refractivity contribution in [3.63, 3.8) is 0 Å². The minimum absolute atomic E-state index is 0.163. The lowest BCUT2D eigenvalue weighted by molar-refractivity contribution is -0.141. The molecular weight excluding hydrogens is 458 g/mol. The summed E-state index contributed by atoms with van der Waals surface area (Å²) >= 11 is 0. The molecule has 1 fully saturated rings. The number of ether oxygens (including phenoxy) is 1. The van der Waals surface area contributed by atoms with Crippen molar-refractivity contribution in [2.45, 2.75) is 25.5 Å². The summed E-state index contributed by atoms with van der Waals surface area (Å²) in [6.45, 7) is 0.573. The van der Waals surface area contributed by atoms with Gasteiger partial charge < -0.3 is 20.0 Å². The lowest BCUT2D eigenvalue weighted by Gasteiger charge is -2.21. The monoisotopic (exact) mass is 480 g/mol. The number of hydrogen-bond donors (Lipinski definition) is 2. The first-order valence-electron chi connectivity index (χ1n) is 10.9. The molecule has 0 bridgehead atoms. The van der Waals surface area contributed by atoms with E-state index < -0.39 is 23.6 Å². The quantitative estimate of drug-likeness (QED) is 0.290. The number of carbonyl (C=O) groups excluding carboxylic acids is 1. The fourth-order valence-corrected chi connectivity index (χ4v) is 4.11. The SMILES string of the molecule is O=C(O)[C@@H]1CCCN1C(=O)c1cccc(COc2ccc(-c3cc(F)c(F)cc3/C=N\O)cc2)c1. The minimum Gasteiger partial charge on any atom is -0.489 e. The maximum Gasteiger partial charge on any atom is 0.326 e. The lowest BCUT2D eigenvalue weighted by atomic mass is 9.99. The molecule has 0 aliphatic carbocycles. The summed E-state index contributed by atoms with van der Waals surface area (Å²) in [6.07, 6.45) is 2.12. The molecule has 1 aliphatic heterocycles. The van der Waals surface area contributed by atoms with Crippen LogP contribution in [0.2, 0.25) is 0 Å². The van der Waals surface area contributed by atoms with Crippen molar-refractivity contribution in [3.05, 3.63) is 89.0 Å². The summed E-state index contributed by atoms with van der Waals surface area (Å²) in [7, 11) is 0. The second-order valence-corrected chi connectivity index (χ2v) is 8.11. The number of carbonyl (C=O) groups is 2. The van der Waals surface area contributed by atoms with Crippen LogP contribution in [-0.4, -0.2) is 45.9 Å². The van der Waals surface area contributed by atoms with Crippen LogP contribution in [0.1, 0.15) is 34.3 Å². The van der Waals surface area contributed by atoms with Gasteiger partial charge in [0, 0.05) is 17.7 Å². The normalized spacial score (nSPS) is 15.5. The van der Waals surface area contributed by atoms with E-state index in [0.29, 0.717) is 41.8 Å². The molecule has 1 amide bonds. The number of oxime groups is 1. The Bertz CT molecular complexity index is 1280. The highest BCUT2D eigenvalue weighted by Gasteiger charge is 2.34. The van der Waals surface area contributed by atoms with Crippen LogP contribution in [-0.2, 0) is 11.4 Å². The molecule has 0 spiro atoms. The van der Waals surface area contributed by atoms with Crippen molar-refractivity contribution in [2.24, 2.45) is 5.16 Å². The third-order valence-electron chi connectivity index (χ3n) is 5.83. The van der Waals surface area contributed by atoms with Crippen molar-refractivity contribution < 1.29 is 33.4 Å². The molecule has 180 valence electrons. The van der Waals surface area contributed by atoms with E-state index in [4.69, 9.17) is 9.94 Å². The molecule has 3 aromatic carbocycles. The van der Waals surface area contributed by atoms with Crippen LogP contribution >= 0.6 is 0 Å². The summed E-state index contributed by atoms with van der Waals surface area (Å²) in [5.74, 6) is -2.88. The van der Waals surface area contributed by atoms with Gasteiger partial charge in [0.1, 0.15) is 18.4 Å². The number of carboxylic acids is 1. The van der Waals surface area contributed by atoms with E-state index in [1.807, 2.05) is 0 Å². The van der Waals surface area contributed by atoms with Crippen molar-refractivity contribution in [2.75, 3.05) is 6.54 Å². The van der Waals surface area contributed by atoms with E-state index in [9.17, 15) is 23.5 Å². The average Bonchev–Trinajstić information content (AvgIpc) is 3.36. The van der Waals surface area contributed by atoms with Gasteiger partial charge in [-0.15, -0.1) is 0 Å². The Morgan fingerprint density at radius 1 is 1.09 bits per heavy atom. The smallest absolute Gasteiger partial charge is 0.326 e. The molecule has 3 aromatic rings. The van der Waals surface area contributed by atoms with Gasteiger partial charge in [-0.05, 0) is 65.9 Å². The van der Waals surface area contributed by atoms with Gasteiger partial charge in [-0.2, -0.15) is 0 Å². The first-order valence-corrected chi connectivity index (χ1v) is 10.9. The van der Waals surface area contributed by atoms with E-state index in [1.54, 1.807) is 48.5 Å². The van der Waals surface area contributed by atoms with Crippen LogP contribution in [0.4, 0.5) is 8.78 Å². The maximum absolute atomic E-state index is 13.8. The fraction of sp³-hybridized carbons (Fsp3) is 0.192. The van der Waals surface area contributed by atoms with Crippen LogP contribution in [0.15, 0.2) is 65.8 Å². The number of benzene rings is 3. The Morgan fingerprint density at radius 3 is 2.54 bits per heavy atom. The predicted molar refractivity (Wildman–Crippen MR) is 124 cm³/mol. The minimum atomic E-state index is -1.05. The van der Waals surface area contributed by atoms with Crippen LogP contribution < -0.4 is 4.74 Å². The number of carboxylic acid groups (broad SMARTS) is 1. The van der Waals surface area contributed by atoms with Crippen molar-refractivity contribution >= 4 is 18.1 Å². The number of nitrogens with zero attached hydrogens (tertiary/aromatic N) is 2. The fourth-order valence-electron chi connectivity index (χ4n) is 4.11. The van der Waals surface area contributed by atoms with Gasteiger partial charge in [0.2, 0.25) is 0 Å². The zero-order valence-electron chi connectivity index (χ0n) is 18.5. The van der Waals surface area contributed by atoms with E-state index in [2.05, 4.69) is 5.16 Å². The van der Waals surface area contributed by atoms with Gasteiger partial charge in [-0.1, -0.05) is 29.4 Å². The number of hydrogen-bond acceptors (Lipinski definition) is 5. The van der Waals surface area contributed by atoms with Crippen LogP contribution in [0, 0.1) is 11.6 Å². The number of rotatable bonds is 7. The Kier molecular flexibility index (Phi) is 7.05. The molecule has 35 heavy (non-hydrogen) atoms. The molecule has 1 aliphatic rings. The third kappa shape index (κ3) is 5.29. The molecule has 0 unspecified atom stereocenters. The van der Waals surface area contributed by atoms with E-state index in [1.165, 1.54) is 4.90 Å². The zero-order valence-corrected chi connectivity index (χ0v) is 18.5. The van der Waals surface area contributed by atoms with Gasteiger partial charge in [0.05, 0.1) is 6.21 Å². The number of halogens is 2. The van der Waals surface area contributed by atoms with Crippen LogP contribution in [0.3, 0.4) is 0 Å². The van der Waals surface area contributed by atoms with Gasteiger partial charge in [0.25, 0.3) is 5.91 Å². The van der Waals surface area contributed by atoms with Crippen molar-refractivity contribution in [3.8, 4) is 16.9 Å². The molecule has 0 saturated carbocycles. The molecular formula is C26H22F2N2O5. The molecule has 7 nitrogen and oxygen atoms in total. The average molecular weight is 480 g/mol. The van der Waals surface area contributed by atoms with E-state index in [-0.39, 0.29) is 18.1 Å². The highest BCUT2D eigenvalue weighted by atomic mass is 19.2. The predicted octanol–water partition coefficient (Wildman–Crippen LogP) is 4.71. The van der Waals surface area contributed by atoms with E-state index >= 15 is 0 Å². The Balaban J connectivity index is 1.46. The maximum atomic E-state index is 13.8. The standard InChI is InChI=1S/C26H22F2N2O5/c27-22-12-19(14-29-34)21(13-23(22)28)17-6-8-20(9-7-17)35-15-16-3-1-4-18(11-16)25(31)30-10-2-5-24(30)26(32)33/h1,3-4,6-9,11-14,24,34H,2,5,10,15H2,(H,32,33)/b29-14-/t24-/m0/s1. The number of amides is 1. The van der Waals surface area contributed by atoms with Gasteiger partial charge in [0.15, 0.2) is 11.6 Å². The highest BCUT2D eigenvalue weighted by molar-refractivity contribution is 5.97. The van der Waals surface area contributed by atoms with Crippen LogP contribution in [0.25, 0.3) is 11.1 Å². The highest BCUT2D eigenvalue weighted by Crippen LogP contribution is 2.28.